The van der Waals surface area contributed by atoms with Crippen LogP contribution in [0, 0.1) is 6.92 Å². The summed E-state index contributed by atoms with van der Waals surface area (Å²) in [6.07, 6.45) is 0. The van der Waals surface area contributed by atoms with E-state index in [9.17, 15) is 0 Å². The SMILES string of the molecule is COc1ccc(-c2c(C)sc3nc(C(C)C)c(N)n23)cc1. The molecule has 21 heavy (non-hydrogen) atoms. The van der Waals surface area contributed by atoms with Crippen molar-refractivity contribution in [3.8, 4) is 17.0 Å². The number of thiazole rings is 1. The molecule has 2 aromatic heterocycles. The van der Waals surface area contributed by atoms with Crippen LogP contribution in [-0.2, 0) is 0 Å². The minimum absolute atomic E-state index is 0.320. The highest BCUT2D eigenvalue weighted by Gasteiger charge is 2.19. The van der Waals surface area contributed by atoms with Crippen LogP contribution in [-0.4, -0.2) is 16.5 Å². The maximum absolute atomic E-state index is 6.33. The van der Waals surface area contributed by atoms with Crippen molar-refractivity contribution in [1.82, 2.24) is 9.38 Å². The van der Waals surface area contributed by atoms with Gasteiger partial charge in [-0.25, -0.2) is 4.98 Å². The van der Waals surface area contributed by atoms with Crippen LogP contribution in [0.15, 0.2) is 24.3 Å². The van der Waals surface area contributed by atoms with Gasteiger partial charge in [0.15, 0.2) is 4.96 Å². The lowest BCUT2D eigenvalue weighted by Gasteiger charge is -2.07. The van der Waals surface area contributed by atoms with Crippen LogP contribution in [0.4, 0.5) is 5.82 Å². The fourth-order valence-corrected chi connectivity index (χ4v) is 3.57. The molecule has 3 rings (SSSR count). The van der Waals surface area contributed by atoms with Gasteiger partial charge in [0.1, 0.15) is 11.6 Å². The van der Waals surface area contributed by atoms with E-state index in [0.29, 0.717) is 5.92 Å². The molecule has 0 spiro atoms. The van der Waals surface area contributed by atoms with Crippen molar-refractivity contribution in [2.75, 3.05) is 12.8 Å². The number of aromatic nitrogens is 2. The second-order valence-electron chi connectivity index (χ2n) is 5.39. The number of aryl methyl sites for hydroxylation is 1. The number of rotatable bonds is 3. The molecule has 2 N–H and O–H groups in total. The highest BCUT2D eigenvalue weighted by molar-refractivity contribution is 7.17. The van der Waals surface area contributed by atoms with Crippen LogP contribution >= 0.6 is 11.3 Å². The molecule has 0 atom stereocenters. The average Bonchev–Trinajstić information content (AvgIpc) is 2.95. The number of ether oxygens (including phenoxy) is 1. The molecule has 0 aliphatic rings. The number of imidazole rings is 1. The summed E-state index contributed by atoms with van der Waals surface area (Å²) in [6.45, 7) is 6.33. The number of nitrogens with two attached hydrogens (primary N) is 1. The first-order chi connectivity index (χ1) is 10.0. The summed E-state index contributed by atoms with van der Waals surface area (Å²) in [5.41, 5.74) is 9.54. The van der Waals surface area contributed by atoms with E-state index >= 15 is 0 Å². The molecule has 110 valence electrons. The highest BCUT2D eigenvalue weighted by Crippen LogP contribution is 2.36. The van der Waals surface area contributed by atoms with Crippen LogP contribution < -0.4 is 10.5 Å². The Morgan fingerprint density at radius 3 is 2.48 bits per heavy atom. The molecule has 4 nitrogen and oxygen atoms in total. The Morgan fingerprint density at radius 2 is 1.90 bits per heavy atom. The van der Waals surface area contributed by atoms with E-state index in [0.717, 1.165) is 33.5 Å². The van der Waals surface area contributed by atoms with Crippen molar-refractivity contribution in [3.05, 3.63) is 34.8 Å². The third-order valence-corrected chi connectivity index (χ3v) is 4.58. The van der Waals surface area contributed by atoms with Crippen molar-refractivity contribution < 1.29 is 4.74 Å². The number of benzene rings is 1. The number of anilines is 1. The molecule has 1 aromatic carbocycles. The molecule has 0 aliphatic carbocycles. The summed E-state index contributed by atoms with van der Waals surface area (Å²) >= 11 is 1.68. The molecule has 5 heteroatoms. The topological polar surface area (TPSA) is 52.5 Å². The number of nitrogen functional groups attached to an aromatic ring is 1. The molecule has 3 aromatic rings. The second kappa shape index (κ2) is 5.07. The van der Waals surface area contributed by atoms with E-state index in [2.05, 4.69) is 42.3 Å². The number of hydrogen-bond donors (Lipinski definition) is 1. The van der Waals surface area contributed by atoms with Crippen LogP contribution in [0.5, 0.6) is 5.75 Å². The van der Waals surface area contributed by atoms with E-state index in [4.69, 9.17) is 10.5 Å². The van der Waals surface area contributed by atoms with Crippen LogP contribution in [0.2, 0.25) is 0 Å². The Morgan fingerprint density at radius 1 is 1.24 bits per heavy atom. The number of nitrogens with zero attached hydrogens (tertiary/aromatic N) is 2. The Bertz CT molecular complexity index is 784. The predicted octanol–water partition coefficient (Wildman–Crippen LogP) is 4.09. The predicted molar refractivity (Wildman–Crippen MR) is 88.3 cm³/mol. The molecular formula is C16H19N3OS. The van der Waals surface area contributed by atoms with E-state index in [-0.39, 0.29) is 0 Å². The van der Waals surface area contributed by atoms with Gasteiger partial charge in [0.05, 0.1) is 18.5 Å². The fourth-order valence-electron chi connectivity index (χ4n) is 2.56. The number of fused-ring (bicyclic) bond motifs is 1. The van der Waals surface area contributed by atoms with Gasteiger partial charge in [-0.3, -0.25) is 4.40 Å². The molecule has 0 bridgehead atoms. The van der Waals surface area contributed by atoms with Crippen LogP contribution in [0.3, 0.4) is 0 Å². The number of hydrogen-bond acceptors (Lipinski definition) is 4. The lowest BCUT2D eigenvalue weighted by atomic mass is 10.1. The first kappa shape index (κ1) is 13.9. The second-order valence-corrected chi connectivity index (χ2v) is 6.57. The zero-order chi connectivity index (χ0) is 15.1. The monoisotopic (exact) mass is 301 g/mol. The van der Waals surface area contributed by atoms with Crippen molar-refractivity contribution in [1.29, 1.82) is 0 Å². The van der Waals surface area contributed by atoms with Gasteiger partial charge in [0, 0.05) is 10.4 Å². The Labute approximate surface area is 128 Å². The maximum Gasteiger partial charge on any atom is 0.196 e. The van der Waals surface area contributed by atoms with E-state index < -0.39 is 0 Å². The van der Waals surface area contributed by atoms with Gasteiger partial charge in [-0.15, -0.1) is 11.3 Å². The van der Waals surface area contributed by atoms with Gasteiger partial charge in [-0.1, -0.05) is 13.8 Å². The largest absolute Gasteiger partial charge is 0.497 e. The molecule has 0 unspecified atom stereocenters. The van der Waals surface area contributed by atoms with Gasteiger partial charge in [-0.2, -0.15) is 0 Å². The van der Waals surface area contributed by atoms with Gasteiger partial charge >= 0.3 is 0 Å². The summed E-state index contributed by atoms with van der Waals surface area (Å²) in [7, 11) is 1.67. The van der Waals surface area contributed by atoms with Crippen molar-refractivity contribution in [3.63, 3.8) is 0 Å². The zero-order valence-electron chi connectivity index (χ0n) is 12.7. The highest BCUT2D eigenvalue weighted by atomic mass is 32.1. The molecule has 0 aliphatic heterocycles. The van der Waals surface area contributed by atoms with Crippen molar-refractivity contribution in [2.45, 2.75) is 26.7 Å². The van der Waals surface area contributed by atoms with Crippen LogP contribution in [0.25, 0.3) is 16.2 Å². The van der Waals surface area contributed by atoms with Gasteiger partial charge in [0.2, 0.25) is 0 Å². The molecule has 0 saturated carbocycles. The first-order valence-corrected chi connectivity index (χ1v) is 7.76. The van der Waals surface area contributed by atoms with E-state index in [1.165, 1.54) is 4.88 Å². The maximum atomic E-state index is 6.33. The molecule has 2 heterocycles. The lowest BCUT2D eigenvalue weighted by molar-refractivity contribution is 0.415. The molecule has 0 fully saturated rings. The third kappa shape index (κ3) is 2.17. The summed E-state index contributed by atoms with van der Waals surface area (Å²) in [5.74, 6) is 1.92. The summed E-state index contributed by atoms with van der Waals surface area (Å²) in [4.78, 5) is 6.85. The normalized spacial score (nSPS) is 11.5. The standard InChI is InChI=1S/C16H19N3OS/c1-9(2)13-15(17)19-14(10(3)21-16(19)18-13)11-5-7-12(20-4)8-6-11/h5-9H,17H2,1-4H3. The quantitative estimate of drug-likeness (QED) is 0.793. The summed E-state index contributed by atoms with van der Waals surface area (Å²) < 4.78 is 7.29. The average molecular weight is 301 g/mol. The zero-order valence-corrected chi connectivity index (χ0v) is 13.5. The van der Waals surface area contributed by atoms with Gasteiger partial charge in [-0.05, 0) is 37.1 Å². The first-order valence-electron chi connectivity index (χ1n) is 6.94. The smallest absolute Gasteiger partial charge is 0.196 e. The summed E-state index contributed by atoms with van der Waals surface area (Å²) in [6, 6.07) is 8.05. The minimum Gasteiger partial charge on any atom is -0.497 e. The fraction of sp³-hybridized carbons (Fsp3) is 0.312. The van der Waals surface area contributed by atoms with Crippen molar-refractivity contribution >= 4 is 22.1 Å². The molecule has 0 saturated heterocycles. The van der Waals surface area contributed by atoms with Gasteiger partial charge < -0.3 is 10.5 Å². The molecule has 0 radical (unpaired) electrons. The molecular weight excluding hydrogens is 282 g/mol. The van der Waals surface area contributed by atoms with Crippen LogP contribution in [0.1, 0.15) is 30.3 Å². The Balaban J connectivity index is 2.22. The number of methoxy groups -OCH3 is 1. The van der Waals surface area contributed by atoms with Crippen molar-refractivity contribution in [2.24, 2.45) is 0 Å². The Kier molecular flexibility index (Phi) is 3.37. The molecule has 0 amide bonds. The summed E-state index contributed by atoms with van der Waals surface area (Å²) in [5, 5.41) is 0. The van der Waals surface area contributed by atoms with E-state index in [1.807, 2.05) is 12.1 Å². The van der Waals surface area contributed by atoms with E-state index in [1.54, 1.807) is 18.4 Å². The Hall–Kier alpha value is -2.01. The van der Waals surface area contributed by atoms with Gasteiger partial charge in [0.25, 0.3) is 0 Å². The minimum atomic E-state index is 0.320. The lowest BCUT2D eigenvalue weighted by Crippen LogP contribution is -1.99. The third-order valence-electron chi connectivity index (χ3n) is 3.62.